The maximum absolute atomic E-state index is 12.6. The second-order valence-electron chi connectivity index (χ2n) is 5.66. The van der Waals surface area contributed by atoms with E-state index in [4.69, 9.17) is 9.47 Å². The summed E-state index contributed by atoms with van der Waals surface area (Å²) < 4.78 is 12.4. The third-order valence-corrected chi connectivity index (χ3v) is 3.96. The van der Waals surface area contributed by atoms with Gasteiger partial charge in [0.25, 0.3) is 5.91 Å². The van der Waals surface area contributed by atoms with Gasteiger partial charge in [-0.05, 0) is 35.9 Å². The summed E-state index contributed by atoms with van der Waals surface area (Å²) in [5.74, 6) is 0.737. The smallest absolute Gasteiger partial charge is 0.279 e. The van der Waals surface area contributed by atoms with E-state index in [-0.39, 0.29) is 5.91 Å². The van der Waals surface area contributed by atoms with Gasteiger partial charge in [0.1, 0.15) is 5.49 Å². The standard InChI is InChI=1S/C21H20N2O3/c1-25-18-12-11-17(14-19(18)26-2)21(24)22-20-10-6-7-13-23(20)15-16-8-4-3-5-9-16/h3-14H,15H2,1-2H3. The van der Waals surface area contributed by atoms with Crippen LogP contribution in [0, 0.1) is 0 Å². The first-order chi connectivity index (χ1) is 12.7. The van der Waals surface area contributed by atoms with E-state index in [1.807, 2.05) is 59.3 Å². The molecule has 0 fully saturated rings. The minimum Gasteiger partial charge on any atom is -0.493 e. The molecule has 0 bridgehead atoms. The number of benzene rings is 2. The summed E-state index contributed by atoms with van der Waals surface area (Å²) in [5.41, 5.74) is 2.17. The number of hydrogen-bond acceptors (Lipinski definition) is 3. The lowest BCUT2D eigenvalue weighted by Gasteiger charge is -2.09. The van der Waals surface area contributed by atoms with Crippen LogP contribution in [0.5, 0.6) is 11.5 Å². The maximum atomic E-state index is 12.6. The van der Waals surface area contributed by atoms with Gasteiger partial charge in [0.15, 0.2) is 11.5 Å². The molecule has 0 aliphatic heterocycles. The molecule has 1 aromatic heterocycles. The highest BCUT2D eigenvalue weighted by atomic mass is 16.5. The molecule has 5 heteroatoms. The molecule has 2 aromatic carbocycles. The Hall–Kier alpha value is -3.34. The SMILES string of the molecule is COc1ccc(C(=O)N=c2ccccn2Cc2ccccc2)cc1OC. The summed E-state index contributed by atoms with van der Waals surface area (Å²) in [5, 5.41) is 0. The van der Waals surface area contributed by atoms with E-state index in [2.05, 4.69) is 4.99 Å². The molecule has 3 aromatic rings. The van der Waals surface area contributed by atoms with Gasteiger partial charge in [-0.15, -0.1) is 0 Å². The largest absolute Gasteiger partial charge is 0.493 e. The van der Waals surface area contributed by atoms with Crippen molar-refractivity contribution in [3.8, 4) is 11.5 Å². The van der Waals surface area contributed by atoms with Crippen LogP contribution in [0.4, 0.5) is 0 Å². The van der Waals surface area contributed by atoms with Gasteiger partial charge in [-0.2, -0.15) is 4.99 Å². The molecule has 0 aliphatic rings. The lowest BCUT2D eigenvalue weighted by molar-refractivity contribution is 0.0996. The topological polar surface area (TPSA) is 52.8 Å². The summed E-state index contributed by atoms with van der Waals surface area (Å²) >= 11 is 0. The first kappa shape index (κ1) is 17.5. The van der Waals surface area contributed by atoms with Crippen molar-refractivity contribution in [2.45, 2.75) is 6.54 Å². The fourth-order valence-electron chi connectivity index (χ4n) is 2.62. The first-order valence-corrected chi connectivity index (χ1v) is 8.22. The minimum atomic E-state index is -0.334. The fraction of sp³-hybridized carbons (Fsp3) is 0.143. The van der Waals surface area contributed by atoms with Gasteiger partial charge in [0.2, 0.25) is 0 Å². The van der Waals surface area contributed by atoms with Crippen molar-refractivity contribution in [1.29, 1.82) is 0 Å². The third kappa shape index (κ3) is 4.00. The highest BCUT2D eigenvalue weighted by molar-refractivity contribution is 5.95. The molecule has 0 saturated carbocycles. The predicted octanol–water partition coefficient (Wildman–Crippen LogP) is 3.29. The number of ether oxygens (including phenoxy) is 2. The van der Waals surface area contributed by atoms with E-state index < -0.39 is 0 Å². The molecule has 132 valence electrons. The molecule has 26 heavy (non-hydrogen) atoms. The normalized spacial score (nSPS) is 11.2. The molecule has 5 nitrogen and oxygen atoms in total. The highest BCUT2D eigenvalue weighted by Crippen LogP contribution is 2.27. The Bertz CT molecular complexity index is 962. The Balaban J connectivity index is 1.94. The first-order valence-electron chi connectivity index (χ1n) is 8.22. The highest BCUT2D eigenvalue weighted by Gasteiger charge is 2.10. The van der Waals surface area contributed by atoms with Crippen molar-refractivity contribution >= 4 is 5.91 Å². The molecule has 0 atom stereocenters. The molecule has 0 saturated heterocycles. The molecule has 0 radical (unpaired) electrons. The molecule has 1 amide bonds. The number of methoxy groups -OCH3 is 2. The average Bonchev–Trinajstić information content (AvgIpc) is 2.69. The number of rotatable bonds is 5. The molecular formula is C21H20N2O3. The Morgan fingerprint density at radius 3 is 2.38 bits per heavy atom. The van der Waals surface area contributed by atoms with Gasteiger partial charge < -0.3 is 14.0 Å². The van der Waals surface area contributed by atoms with Crippen LogP contribution in [0.25, 0.3) is 0 Å². The van der Waals surface area contributed by atoms with Gasteiger partial charge in [0.05, 0.1) is 14.2 Å². The number of aromatic nitrogens is 1. The second-order valence-corrected chi connectivity index (χ2v) is 5.66. The summed E-state index contributed by atoms with van der Waals surface area (Å²) in [6.07, 6.45) is 1.91. The quantitative estimate of drug-likeness (QED) is 0.711. The van der Waals surface area contributed by atoms with Gasteiger partial charge >= 0.3 is 0 Å². The fourth-order valence-corrected chi connectivity index (χ4v) is 2.62. The van der Waals surface area contributed by atoms with Crippen LogP contribution in [-0.2, 0) is 6.54 Å². The second kappa shape index (κ2) is 8.16. The van der Waals surface area contributed by atoms with E-state index in [1.54, 1.807) is 25.3 Å². The molecule has 0 aliphatic carbocycles. The zero-order valence-electron chi connectivity index (χ0n) is 14.8. The monoisotopic (exact) mass is 348 g/mol. The van der Waals surface area contributed by atoms with E-state index in [9.17, 15) is 4.79 Å². The molecule has 0 N–H and O–H groups in total. The van der Waals surface area contributed by atoms with Crippen LogP contribution >= 0.6 is 0 Å². The number of carbonyl (C=O) groups is 1. The van der Waals surface area contributed by atoms with Crippen LogP contribution in [-0.4, -0.2) is 24.7 Å². The van der Waals surface area contributed by atoms with E-state index in [1.165, 1.54) is 7.11 Å². The zero-order chi connectivity index (χ0) is 18.4. The van der Waals surface area contributed by atoms with Crippen LogP contribution in [0.1, 0.15) is 15.9 Å². The number of nitrogens with zero attached hydrogens (tertiary/aromatic N) is 2. The van der Waals surface area contributed by atoms with Crippen molar-refractivity contribution < 1.29 is 14.3 Å². The summed E-state index contributed by atoms with van der Waals surface area (Å²) in [7, 11) is 3.09. The van der Waals surface area contributed by atoms with Crippen molar-refractivity contribution in [2.24, 2.45) is 4.99 Å². The Morgan fingerprint density at radius 2 is 1.65 bits per heavy atom. The van der Waals surface area contributed by atoms with Gasteiger partial charge in [-0.1, -0.05) is 36.4 Å². The Morgan fingerprint density at radius 1 is 0.923 bits per heavy atom. The van der Waals surface area contributed by atoms with Crippen molar-refractivity contribution in [3.05, 3.63) is 89.5 Å². The average molecular weight is 348 g/mol. The Labute approximate surface area is 152 Å². The van der Waals surface area contributed by atoms with Crippen molar-refractivity contribution in [2.75, 3.05) is 14.2 Å². The van der Waals surface area contributed by atoms with Crippen molar-refractivity contribution in [3.63, 3.8) is 0 Å². The lowest BCUT2D eigenvalue weighted by Crippen LogP contribution is -2.22. The van der Waals surface area contributed by atoms with Crippen LogP contribution in [0.2, 0.25) is 0 Å². The molecule has 1 heterocycles. The van der Waals surface area contributed by atoms with E-state index >= 15 is 0 Å². The van der Waals surface area contributed by atoms with Gasteiger partial charge in [0, 0.05) is 18.3 Å². The summed E-state index contributed by atoms with van der Waals surface area (Å²) in [6, 6.07) is 20.7. The number of amides is 1. The van der Waals surface area contributed by atoms with E-state index in [0.717, 1.165) is 5.56 Å². The number of pyridine rings is 1. The van der Waals surface area contributed by atoms with Crippen LogP contribution in [0.3, 0.4) is 0 Å². The maximum Gasteiger partial charge on any atom is 0.279 e. The third-order valence-electron chi connectivity index (χ3n) is 3.96. The summed E-state index contributed by atoms with van der Waals surface area (Å²) in [6.45, 7) is 0.639. The zero-order valence-corrected chi connectivity index (χ0v) is 14.8. The minimum absolute atomic E-state index is 0.334. The van der Waals surface area contributed by atoms with Crippen LogP contribution < -0.4 is 15.0 Å². The van der Waals surface area contributed by atoms with Gasteiger partial charge in [-0.25, -0.2) is 0 Å². The molecule has 0 unspecified atom stereocenters. The number of hydrogen-bond donors (Lipinski definition) is 0. The molecule has 0 spiro atoms. The van der Waals surface area contributed by atoms with Crippen molar-refractivity contribution in [1.82, 2.24) is 4.57 Å². The Kier molecular flexibility index (Phi) is 5.49. The van der Waals surface area contributed by atoms with Crippen LogP contribution in [0.15, 0.2) is 77.9 Å². The van der Waals surface area contributed by atoms with E-state index in [0.29, 0.717) is 29.1 Å². The lowest BCUT2D eigenvalue weighted by atomic mass is 10.2. The number of carbonyl (C=O) groups excluding carboxylic acids is 1. The predicted molar refractivity (Wildman–Crippen MR) is 99.4 cm³/mol. The molecular weight excluding hydrogens is 328 g/mol. The van der Waals surface area contributed by atoms with Gasteiger partial charge in [-0.3, -0.25) is 4.79 Å². The molecule has 3 rings (SSSR count). The summed E-state index contributed by atoms with van der Waals surface area (Å²) in [4.78, 5) is 16.9.